The van der Waals surface area contributed by atoms with Gasteiger partial charge in [0.2, 0.25) is 5.91 Å². The zero-order valence-electron chi connectivity index (χ0n) is 8.54. The number of carbonyl (C=O) groups is 1. The zero-order valence-corrected chi connectivity index (χ0v) is 8.54. The number of hydrogen-bond acceptors (Lipinski definition) is 2. The number of nitrogens with zero attached hydrogens (tertiary/aromatic N) is 1. The molecule has 3 heteroatoms. The average molecular weight is 194 g/mol. The van der Waals surface area contributed by atoms with Gasteiger partial charge in [-0.15, -0.1) is 0 Å². The van der Waals surface area contributed by atoms with Crippen LogP contribution >= 0.6 is 0 Å². The molecular formula is C11H18N2O. The molecule has 3 atom stereocenters. The molecule has 0 aromatic heterocycles. The van der Waals surface area contributed by atoms with Gasteiger partial charge < -0.3 is 10.2 Å². The highest BCUT2D eigenvalue weighted by Gasteiger charge is 2.42. The largest absolute Gasteiger partial charge is 0.338 e. The van der Waals surface area contributed by atoms with Crippen molar-refractivity contribution in [2.75, 3.05) is 13.1 Å². The van der Waals surface area contributed by atoms with Crippen LogP contribution in [0.1, 0.15) is 32.1 Å². The summed E-state index contributed by atoms with van der Waals surface area (Å²) in [6.45, 7) is 2.07. The second-order valence-electron chi connectivity index (χ2n) is 4.97. The highest BCUT2D eigenvalue weighted by molar-refractivity contribution is 5.82. The van der Waals surface area contributed by atoms with E-state index in [0.717, 1.165) is 25.4 Å². The summed E-state index contributed by atoms with van der Waals surface area (Å²) in [7, 11) is 0. The predicted molar refractivity (Wildman–Crippen MR) is 53.9 cm³/mol. The zero-order chi connectivity index (χ0) is 9.54. The van der Waals surface area contributed by atoms with E-state index in [9.17, 15) is 4.79 Å². The van der Waals surface area contributed by atoms with E-state index >= 15 is 0 Å². The first-order valence-electron chi connectivity index (χ1n) is 5.88. The minimum Gasteiger partial charge on any atom is -0.338 e. The maximum absolute atomic E-state index is 12.1. The van der Waals surface area contributed by atoms with Crippen molar-refractivity contribution in [1.82, 2.24) is 10.2 Å². The summed E-state index contributed by atoms with van der Waals surface area (Å²) in [6.07, 6.45) is 6.10. The Morgan fingerprint density at radius 3 is 2.79 bits per heavy atom. The predicted octanol–water partition coefficient (Wildman–Crippen LogP) is 0.749. The maximum Gasteiger partial charge on any atom is 0.239 e. The molecule has 0 spiro atoms. The fraction of sp³-hybridized carbons (Fsp3) is 0.909. The molecule has 78 valence electrons. The van der Waals surface area contributed by atoms with E-state index in [1.54, 1.807) is 0 Å². The van der Waals surface area contributed by atoms with Gasteiger partial charge >= 0.3 is 0 Å². The van der Waals surface area contributed by atoms with Gasteiger partial charge in [-0.1, -0.05) is 0 Å². The van der Waals surface area contributed by atoms with E-state index in [1.165, 1.54) is 25.7 Å². The normalized spacial score (nSPS) is 40.9. The quantitative estimate of drug-likeness (QED) is 0.668. The molecule has 3 aliphatic rings. The summed E-state index contributed by atoms with van der Waals surface area (Å²) in [6, 6.07) is 0.740. The lowest BCUT2D eigenvalue weighted by atomic mass is 10.1. The van der Waals surface area contributed by atoms with Crippen LogP contribution in [-0.4, -0.2) is 36.0 Å². The highest BCUT2D eigenvalue weighted by Crippen LogP contribution is 2.37. The Morgan fingerprint density at radius 1 is 1.29 bits per heavy atom. The summed E-state index contributed by atoms with van der Waals surface area (Å²) in [5.41, 5.74) is 0. The fourth-order valence-electron chi connectivity index (χ4n) is 3.29. The molecule has 0 radical (unpaired) electrons. The van der Waals surface area contributed by atoms with Gasteiger partial charge in [0, 0.05) is 12.6 Å². The van der Waals surface area contributed by atoms with Gasteiger partial charge in [0.05, 0.1) is 6.04 Å². The average Bonchev–Trinajstić information content (AvgIpc) is 2.93. The van der Waals surface area contributed by atoms with Gasteiger partial charge in [0.15, 0.2) is 0 Å². The van der Waals surface area contributed by atoms with Crippen molar-refractivity contribution in [3.05, 3.63) is 0 Å². The van der Waals surface area contributed by atoms with Gasteiger partial charge in [-0.05, 0) is 44.6 Å². The van der Waals surface area contributed by atoms with Crippen LogP contribution in [0, 0.1) is 5.92 Å². The van der Waals surface area contributed by atoms with Crippen LogP contribution in [0.2, 0.25) is 0 Å². The van der Waals surface area contributed by atoms with Crippen molar-refractivity contribution in [2.24, 2.45) is 5.92 Å². The molecular weight excluding hydrogens is 176 g/mol. The van der Waals surface area contributed by atoms with Gasteiger partial charge in [-0.25, -0.2) is 0 Å². The first kappa shape index (κ1) is 8.72. The number of likely N-dealkylation sites (tertiary alicyclic amines) is 1. The number of fused-ring (bicyclic) bond motifs is 2. The standard InChI is InChI=1S/C11H18N2O/c14-11(10-2-1-5-12-10)13-7-8-3-4-9(13)6-8/h8-10,12H,1-7H2/t8-,9-,10-/m0/s1. The van der Waals surface area contributed by atoms with E-state index in [0.29, 0.717) is 11.9 Å². The molecule has 14 heavy (non-hydrogen) atoms. The fourth-order valence-corrected chi connectivity index (χ4v) is 3.29. The van der Waals surface area contributed by atoms with Crippen molar-refractivity contribution in [1.29, 1.82) is 0 Å². The van der Waals surface area contributed by atoms with Crippen molar-refractivity contribution in [3.63, 3.8) is 0 Å². The van der Waals surface area contributed by atoms with E-state index in [2.05, 4.69) is 10.2 Å². The summed E-state index contributed by atoms with van der Waals surface area (Å²) in [5, 5.41) is 3.30. The molecule has 2 bridgehead atoms. The van der Waals surface area contributed by atoms with E-state index in [1.807, 2.05) is 0 Å². The second kappa shape index (κ2) is 3.23. The third-order valence-corrected chi connectivity index (χ3v) is 4.05. The molecule has 1 amide bonds. The summed E-state index contributed by atoms with van der Waals surface area (Å²) < 4.78 is 0. The van der Waals surface area contributed by atoms with Crippen molar-refractivity contribution < 1.29 is 4.79 Å². The van der Waals surface area contributed by atoms with Gasteiger partial charge in [0.25, 0.3) is 0 Å². The molecule has 3 fully saturated rings. The molecule has 2 heterocycles. The Morgan fingerprint density at radius 2 is 2.21 bits per heavy atom. The molecule has 1 saturated carbocycles. The van der Waals surface area contributed by atoms with Crippen molar-refractivity contribution in [3.8, 4) is 0 Å². The molecule has 0 unspecified atom stereocenters. The first-order valence-corrected chi connectivity index (χ1v) is 5.88. The third kappa shape index (κ3) is 1.26. The Hall–Kier alpha value is -0.570. The number of carbonyl (C=O) groups excluding carboxylic acids is 1. The number of nitrogens with one attached hydrogen (secondary N) is 1. The number of amides is 1. The molecule has 1 aliphatic carbocycles. The van der Waals surface area contributed by atoms with Crippen LogP contribution in [0.15, 0.2) is 0 Å². The van der Waals surface area contributed by atoms with Gasteiger partial charge in [0.1, 0.15) is 0 Å². The molecule has 2 saturated heterocycles. The summed E-state index contributed by atoms with van der Waals surface area (Å²) in [4.78, 5) is 14.3. The lowest BCUT2D eigenvalue weighted by Gasteiger charge is -2.29. The number of piperidine rings is 1. The topological polar surface area (TPSA) is 32.3 Å². The maximum atomic E-state index is 12.1. The molecule has 3 nitrogen and oxygen atoms in total. The lowest BCUT2D eigenvalue weighted by Crippen LogP contribution is -2.46. The second-order valence-corrected chi connectivity index (χ2v) is 4.97. The molecule has 0 aromatic rings. The monoisotopic (exact) mass is 194 g/mol. The molecule has 3 rings (SSSR count). The Balaban J connectivity index is 1.67. The van der Waals surface area contributed by atoms with Gasteiger partial charge in [-0.2, -0.15) is 0 Å². The molecule has 0 aromatic carbocycles. The minimum atomic E-state index is 0.148. The smallest absolute Gasteiger partial charge is 0.239 e. The lowest BCUT2D eigenvalue weighted by molar-refractivity contribution is -0.134. The molecule has 2 aliphatic heterocycles. The molecule has 1 N–H and O–H groups in total. The Labute approximate surface area is 84.8 Å². The third-order valence-electron chi connectivity index (χ3n) is 4.05. The van der Waals surface area contributed by atoms with E-state index in [-0.39, 0.29) is 6.04 Å². The van der Waals surface area contributed by atoms with Crippen molar-refractivity contribution in [2.45, 2.75) is 44.2 Å². The van der Waals surface area contributed by atoms with Crippen LogP contribution in [-0.2, 0) is 4.79 Å². The van der Waals surface area contributed by atoms with Crippen LogP contribution in [0.5, 0.6) is 0 Å². The summed E-state index contributed by atoms with van der Waals surface area (Å²) >= 11 is 0. The number of hydrogen-bond donors (Lipinski definition) is 1. The van der Waals surface area contributed by atoms with Crippen LogP contribution in [0.25, 0.3) is 0 Å². The first-order chi connectivity index (χ1) is 6.84. The number of rotatable bonds is 1. The Kier molecular flexibility index (Phi) is 2.01. The van der Waals surface area contributed by atoms with Gasteiger partial charge in [-0.3, -0.25) is 4.79 Å². The van der Waals surface area contributed by atoms with Crippen molar-refractivity contribution >= 4 is 5.91 Å². The van der Waals surface area contributed by atoms with E-state index in [4.69, 9.17) is 0 Å². The SMILES string of the molecule is O=C([C@@H]1CCCN1)N1C[C@H]2CC[C@H]1C2. The minimum absolute atomic E-state index is 0.148. The van der Waals surface area contributed by atoms with Crippen LogP contribution in [0.3, 0.4) is 0 Å². The summed E-state index contributed by atoms with van der Waals surface area (Å²) in [5.74, 6) is 1.21. The highest BCUT2D eigenvalue weighted by atomic mass is 16.2. The van der Waals surface area contributed by atoms with Crippen LogP contribution < -0.4 is 5.32 Å². The van der Waals surface area contributed by atoms with Crippen LogP contribution in [0.4, 0.5) is 0 Å². The van der Waals surface area contributed by atoms with E-state index < -0.39 is 0 Å². The Bertz CT molecular complexity index is 248.